The maximum atomic E-state index is 5.64. The molecule has 0 aromatic heterocycles. The van der Waals surface area contributed by atoms with Gasteiger partial charge in [0, 0.05) is 25.0 Å². The first-order chi connectivity index (χ1) is 12.7. The quantitative estimate of drug-likeness (QED) is 0.824. The summed E-state index contributed by atoms with van der Waals surface area (Å²) in [7, 11) is 3.39. The molecule has 2 aromatic rings. The minimum atomic E-state index is 0.321. The first-order valence-electron chi connectivity index (χ1n) is 9.11. The average molecular weight is 353 g/mol. The molecule has 0 bridgehead atoms. The Morgan fingerprint density at radius 3 is 2.42 bits per heavy atom. The van der Waals surface area contributed by atoms with E-state index in [2.05, 4.69) is 36.1 Å². The van der Waals surface area contributed by atoms with E-state index in [1.807, 2.05) is 0 Å². The van der Waals surface area contributed by atoms with Gasteiger partial charge in [-0.3, -0.25) is 4.90 Å². The van der Waals surface area contributed by atoms with Crippen LogP contribution in [0.15, 0.2) is 24.3 Å². The third-order valence-electron chi connectivity index (χ3n) is 6.00. The number of fused-ring (bicyclic) bond motifs is 5. The summed E-state index contributed by atoms with van der Waals surface area (Å²) in [5.41, 5.74) is 5.42. The van der Waals surface area contributed by atoms with Crippen LogP contribution in [-0.2, 0) is 13.0 Å². The van der Waals surface area contributed by atoms with E-state index in [9.17, 15) is 0 Å². The van der Waals surface area contributed by atoms with Gasteiger partial charge in [-0.05, 0) is 52.9 Å². The van der Waals surface area contributed by atoms with Crippen molar-refractivity contribution in [3.05, 3.63) is 46.5 Å². The Labute approximate surface area is 153 Å². The summed E-state index contributed by atoms with van der Waals surface area (Å²) in [6.45, 7) is 4.61. The smallest absolute Gasteiger partial charge is 0.231 e. The maximum Gasteiger partial charge on any atom is 0.231 e. The molecular weight excluding hydrogens is 330 g/mol. The van der Waals surface area contributed by atoms with Crippen molar-refractivity contribution in [2.75, 3.05) is 27.6 Å². The predicted octanol–water partition coefficient (Wildman–Crippen LogP) is 3.65. The van der Waals surface area contributed by atoms with Crippen LogP contribution in [0.2, 0.25) is 0 Å². The summed E-state index contributed by atoms with van der Waals surface area (Å²) in [6, 6.07) is 9.00. The molecular formula is C21H23NO4. The van der Waals surface area contributed by atoms with Crippen molar-refractivity contribution in [1.82, 2.24) is 4.90 Å². The lowest BCUT2D eigenvalue weighted by atomic mass is 9.77. The number of hydrogen-bond acceptors (Lipinski definition) is 5. The zero-order chi connectivity index (χ0) is 17.8. The standard InChI is InChI=1S/C21H23NO4/c1-12-15-8-18(24-3)17(23-2)7-14(15)10-22-5-4-13-6-19-20(26-11-25-19)9-16(13)21(12)22/h6-9,12,21H,4-5,10-11H2,1-3H3/t12-,21+/m1/s1. The maximum absolute atomic E-state index is 5.64. The minimum Gasteiger partial charge on any atom is -0.493 e. The Kier molecular flexibility index (Phi) is 3.54. The molecule has 0 radical (unpaired) electrons. The molecule has 0 amide bonds. The summed E-state index contributed by atoms with van der Waals surface area (Å²) in [4.78, 5) is 2.57. The Bertz CT molecular complexity index is 879. The topological polar surface area (TPSA) is 40.2 Å². The molecule has 0 saturated heterocycles. The van der Waals surface area contributed by atoms with E-state index in [0.717, 1.165) is 42.5 Å². The van der Waals surface area contributed by atoms with Crippen molar-refractivity contribution < 1.29 is 18.9 Å². The number of nitrogens with zero attached hydrogens (tertiary/aromatic N) is 1. The van der Waals surface area contributed by atoms with Crippen molar-refractivity contribution in [1.29, 1.82) is 0 Å². The van der Waals surface area contributed by atoms with Crippen LogP contribution in [0.3, 0.4) is 0 Å². The lowest BCUT2D eigenvalue weighted by Gasteiger charge is -2.45. The molecule has 0 unspecified atom stereocenters. The zero-order valence-corrected chi connectivity index (χ0v) is 15.4. The molecule has 0 N–H and O–H groups in total. The van der Waals surface area contributed by atoms with Gasteiger partial charge in [-0.15, -0.1) is 0 Å². The lowest BCUT2D eigenvalue weighted by molar-refractivity contribution is 0.138. The minimum absolute atomic E-state index is 0.321. The molecule has 0 aliphatic carbocycles. The highest BCUT2D eigenvalue weighted by Crippen LogP contribution is 2.50. The average Bonchev–Trinajstić information content (AvgIpc) is 3.12. The van der Waals surface area contributed by atoms with Crippen molar-refractivity contribution in [2.45, 2.75) is 31.8 Å². The monoisotopic (exact) mass is 353 g/mol. The molecule has 136 valence electrons. The second kappa shape index (κ2) is 5.81. The normalized spacial score (nSPS) is 23.0. The molecule has 2 aromatic carbocycles. The second-order valence-electron chi connectivity index (χ2n) is 7.26. The summed E-state index contributed by atoms with van der Waals surface area (Å²) in [5.74, 6) is 3.72. The van der Waals surface area contributed by atoms with Crippen LogP contribution in [0, 0.1) is 0 Å². The first kappa shape index (κ1) is 15.8. The van der Waals surface area contributed by atoms with Crippen molar-refractivity contribution >= 4 is 0 Å². The molecule has 3 heterocycles. The lowest BCUT2D eigenvalue weighted by Crippen LogP contribution is -2.41. The number of hydrogen-bond donors (Lipinski definition) is 0. The third kappa shape index (κ3) is 2.20. The highest BCUT2D eigenvalue weighted by molar-refractivity contribution is 5.54. The Morgan fingerprint density at radius 2 is 1.65 bits per heavy atom. The summed E-state index contributed by atoms with van der Waals surface area (Å²) in [6.07, 6.45) is 1.04. The van der Waals surface area contributed by atoms with Gasteiger partial charge in [0.25, 0.3) is 0 Å². The molecule has 0 saturated carbocycles. The molecule has 5 rings (SSSR count). The zero-order valence-electron chi connectivity index (χ0n) is 15.4. The molecule has 5 heteroatoms. The Balaban J connectivity index is 1.61. The molecule has 3 aliphatic rings. The van der Waals surface area contributed by atoms with Crippen molar-refractivity contribution in [3.63, 3.8) is 0 Å². The van der Waals surface area contributed by atoms with E-state index in [0.29, 0.717) is 18.8 Å². The molecule has 0 spiro atoms. The van der Waals surface area contributed by atoms with Gasteiger partial charge in [-0.25, -0.2) is 0 Å². The second-order valence-corrected chi connectivity index (χ2v) is 7.26. The van der Waals surface area contributed by atoms with E-state index in [1.165, 1.54) is 22.3 Å². The largest absolute Gasteiger partial charge is 0.493 e. The molecule has 5 nitrogen and oxygen atoms in total. The summed E-state index contributed by atoms with van der Waals surface area (Å²) >= 11 is 0. The molecule has 3 aliphatic heterocycles. The Morgan fingerprint density at radius 1 is 0.923 bits per heavy atom. The van der Waals surface area contributed by atoms with Crippen LogP contribution in [0.4, 0.5) is 0 Å². The van der Waals surface area contributed by atoms with Crippen molar-refractivity contribution in [3.8, 4) is 23.0 Å². The number of rotatable bonds is 2. The third-order valence-corrected chi connectivity index (χ3v) is 6.00. The Hall–Kier alpha value is -2.40. The van der Waals surface area contributed by atoms with Crippen molar-refractivity contribution in [2.24, 2.45) is 0 Å². The first-order valence-corrected chi connectivity index (χ1v) is 9.11. The highest BCUT2D eigenvalue weighted by atomic mass is 16.7. The van der Waals surface area contributed by atoms with Gasteiger partial charge < -0.3 is 18.9 Å². The van der Waals surface area contributed by atoms with Crippen LogP contribution in [0.5, 0.6) is 23.0 Å². The van der Waals surface area contributed by atoms with E-state index < -0.39 is 0 Å². The van der Waals surface area contributed by atoms with Crippen LogP contribution in [-0.4, -0.2) is 32.5 Å². The molecule has 2 atom stereocenters. The number of ether oxygens (including phenoxy) is 4. The van der Waals surface area contributed by atoms with Crippen LogP contribution >= 0.6 is 0 Å². The predicted molar refractivity (Wildman–Crippen MR) is 97.4 cm³/mol. The molecule has 0 fully saturated rings. The van der Waals surface area contributed by atoms with E-state index in [1.54, 1.807) is 14.2 Å². The number of benzene rings is 2. The fourth-order valence-electron chi connectivity index (χ4n) is 4.74. The van der Waals surface area contributed by atoms with Gasteiger partial charge in [0.1, 0.15) is 0 Å². The van der Waals surface area contributed by atoms with Crippen LogP contribution in [0.1, 0.15) is 41.1 Å². The van der Waals surface area contributed by atoms with Crippen LogP contribution in [0.25, 0.3) is 0 Å². The van der Waals surface area contributed by atoms with E-state index in [-0.39, 0.29) is 0 Å². The van der Waals surface area contributed by atoms with Gasteiger partial charge in [0.2, 0.25) is 6.79 Å². The van der Waals surface area contributed by atoms with Gasteiger partial charge in [0.15, 0.2) is 23.0 Å². The van der Waals surface area contributed by atoms with Gasteiger partial charge in [-0.2, -0.15) is 0 Å². The summed E-state index contributed by atoms with van der Waals surface area (Å²) in [5, 5.41) is 0. The van der Waals surface area contributed by atoms with E-state index >= 15 is 0 Å². The van der Waals surface area contributed by atoms with Gasteiger partial charge >= 0.3 is 0 Å². The van der Waals surface area contributed by atoms with Crippen LogP contribution < -0.4 is 18.9 Å². The number of methoxy groups -OCH3 is 2. The van der Waals surface area contributed by atoms with Gasteiger partial charge in [-0.1, -0.05) is 6.92 Å². The SMILES string of the molecule is COc1cc2c(cc1OC)[C@@H](C)[C@H]1c3cc4c(cc3CCN1C2)OCO4. The summed E-state index contributed by atoms with van der Waals surface area (Å²) < 4.78 is 22.3. The van der Waals surface area contributed by atoms with Gasteiger partial charge in [0.05, 0.1) is 14.2 Å². The van der Waals surface area contributed by atoms with E-state index in [4.69, 9.17) is 18.9 Å². The molecule has 26 heavy (non-hydrogen) atoms. The fraction of sp³-hybridized carbons (Fsp3) is 0.429. The fourth-order valence-corrected chi connectivity index (χ4v) is 4.74. The highest BCUT2D eigenvalue weighted by Gasteiger charge is 2.38.